The number of quaternary nitrogens is 1. The van der Waals surface area contributed by atoms with Gasteiger partial charge in [0.1, 0.15) is 6.61 Å². The molecule has 27 heavy (non-hydrogen) atoms. The van der Waals surface area contributed by atoms with Crippen molar-refractivity contribution in [1.82, 2.24) is 0 Å². The SMILES string of the molecule is C[N+](C)(C)CC1(COC(=O)C(O)(c2ccccc2)c2ccccc2)CCC1. The Balaban J connectivity index is 1.84. The van der Waals surface area contributed by atoms with Gasteiger partial charge in [-0.25, -0.2) is 4.79 Å². The summed E-state index contributed by atoms with van der Waals surface area (Å²) in [7, 11) is 6.48. The minimum absolute atomic E-state index is 0.0161. The van der Waals surface area contributed by atoms with Crippen molar-refractivity contribution in [2.24, 2.45) is 5.41 Å². The highest BCUT2D eigenvalue weighted by Crippen LogP contribution is 2.43. The minimum Gasteiger partial charge on any atom is -0.462 e. The van der Waals surface area contributed by atoms with Gasteiger partial charge in [0.2, 0.25) is 5.60 Å². The van der Waals surface area contributed by atoms with Crippen LogP contribution < -0.4 is 0 Å². The summed E-state index contributed by atoms with van der Waals surface area (Å²) in [5.74, 6) is -0.604. The van der Waals surface area contributed by atoms with Crippen LogP contribution in [0, 0.1) is 5.41 Å². The van der Waals surface area contributed by atoms with Gasteiger partial charge in [-0.1, -0.05) is 67.1 Å². The summed E-state index contributed by atoms with van der Waals surface area (Å²) in [5, 5.41) is 11.5. The number of nitrogens with zero attached hydrogens (tertiary/aromatic N) is 1. The van der Waals surface area contributed by atoms with E-state index in [1.54, 1.807) is 24.3 Å². The first-order valence-corrected chi connectivity index (χ1v) is 9.56. The molecule has 1 aliphatic carbocycles. The Labute approximate surface area is 162 Å². The Morgan fingerprint density at radius 3 is 1.85 bits per heavy atom. The van der Waals surface area contributed by atoms with Gasteiger partial charge in [-0.2, -0.15) is 0 Å². The number of ether oxygens (including phenoxy) is 1. The molecular weight excluding hydrogens is 338 g/mol. The van der Waals surface area contributed by atoms with E-state index in [9.17, 15) is 9.90 Å². The van der Waals surface area contributed by atoms with E-state index in [-0.39, 0.29) is 5.41 Å². The second-order valence-electron chi connectivity index (χ2n) is 8.82. The third kappa shape index (κ3) is 4.23. The topological polar surface area (TPSA) is 46.5 Å². The van der Waals surface area contributed by atoms with Gasteiger partial charge >= 0.3 is 5.97 Å². The molecule has 0 bridgehead atoms. The van der Waals surface area contributed by atoms with Crippen molar-refractivity contribution in [1.29, 1.82) is 0 Å². The second-order valence-corrected chi connectivity index (χ2v) is 8.82. The second kappa shape index (κ2) is 7.45. The summed E-state index contributed by atoms with van der Waals surface area (Å²) >= 11 is 0. The molecule has 0 atom stereocenters. The van der Waals surface area contributed by atoms with Crippen LogP contribution in [0.3, 0.4) is 0 Å². The largest absolute Gasteiger partial charge is 0.462 e. The first-order chi connectivity index (χ1) is 12.8. The monoisotopic (exact) mass is 368 g/mol. The third-order valence-corrected chi connectivity index (χ3v) is 5.41. The zero-order valence-electron chi connectivity index (χ0n) is 16.5. The normalized spacial score (nSPS) is 16.4. The van der Waals surface area contributed by atoms with Gasteiger partial charge in [-0.15, -0.1) is 0 Å². The predicted octanol–water partition coefficient (Wildman–Crippen LogP) is 3.34. The molecule has 0 amide bonds. The number of carbonyl (C=O) groups is 1. The van der Waals surface area contributed by atoms with Crippen LogP contribution in [-0.2, 0) is 15.1 Å². The summed E-state index contributed by atoms with van der Waals surface area (Å²) in [6, 6.07) is 18.1. The van der Waals surface area contributed by atoms with E-state index in [2.05, 4.69) is 21.1 Å². The molecule has 1 aliphatic rings. The molecule has 2 aromatic rings. The molecule has 1 fully saturated rings. The number of benzene rings is 2. The molecular formula is C23H30NO3+. The van der Waals surface area contributed by atoms with E-state index in [1.165, 1.54) is 6.42 Å². The lowest BCUT2D eigenvalue weighted by Crippen LogP contribution is -2.51. The first-order valence-electron chi connectivity index (χ1n) is 9.56. The van der Waals surface area contributed by atoms with E-state index in [4.69, 9.17) is 4.74 Å². The van der Waals surface area contributed by atoms with E-state index in [1.807, 2.05) is 36.4 Å². The zero-order valence-corrected chi connectivity index (χ0v) is 16.5. The quantitative estimate of drug-likeness (QED) is 0.602. The molecule has 1 N–H and O–H groups in total. The average molecular weight is 368 g/mol. The number of rotatable bonds is 7. The van der Waals surface area contributed by atoms with Gasteiger partial charge in [-0.3, -0.25) is 0 Å². The van der Waals surface area contributed by atoms with Crippen LogP contribution in [-0.4, -0.2) is 49.9 Å². The Bertz CT molecular complexity index is 722. The molecule has 2 aromatic carbocycles. The molecule has 3 rings (SSSR count). The molecule has 0 unspecified atom stereocenters. The van der Waals surface area contributed by atoms with Crippen molar-refractivity contribution in [2.45, 2.75) is 24.9 Å². The lowest BCUT2D eigenvalue weighted by Gasteiger charge is -2.45. The fraction of sp³-hybridized carbons (Fsp3) is 0.435. The number of hydrogen-bond donors (Lipinski definition) is 1. The molecule has 4 nitrogen and oxygen atoms in total. The zero-order chi connectivity index (χ0) is 19.5. The molecule has 0 aromatic heterocycles. The van der Waals surface area contributed by atoms with E-state index >= 15 is 0 Å². The van der Waals surface area contributed by atoms with Gasteiger partial charge in [0.25, 0.3) is 0 Å². The number of carbonyl (C=O) groups excluding carboxylic acids is 1. The highest BCUT2D eigenvalue weighted by molar-refractivity contribution is 5.85. The van der Waals surface area contributed by atoms with Crippen LogP contribution >= 0.6 is 0 Å². The van der Waals surface area contributed by atoms with Crippen LogP contribution in [0.5, 0.6) is 0 Å². The maximum atomic E-state index is 13.1. The fourth-order valence-electron chi connectivity index (χ4n) is 4.12. The predicted molar refractivity (Wildman–Crippen MR) is 106 cm³/mol. The van der Waals surface area contributed by atoms with Crippen LogP contribution in [0.15, 0.2) is 60.7 Å². The molecule has 144 valence electrons. The molecule has 1 saturated carbocycles. The number of aliphatic hydroxyl groups is 1. The molecule has 0 radical (unpaired) electrons. The fourth-order valence-corrected chi connectivity index (χ4v) is 4.12. The minimum atomic E-state index is -1.80. The van der Waals surface area contributed by atoms with Crippen molar-refractivity contribution < 1.29 is 19.1 Å². The van der Waals surface area contributed by atoms with Crippen LogP contribution in [0.2, 0.25) is 0 Å². The number of hydrogen-bond acceptors (Lipinski definition) is 3. The maximum Gasteiger partial charge on any atom is 0.347 e. The average Bonchev–Trinajstić information content (AvgIpc) is 2.63. The van der Waals surface area contributed by atoms with Crippen LogP contribution in [0.1, 0.15) is 30.4 Å². The first kappa shape index (κ1) is 19.6. The highest BCUT2D eigenvalue weighted by atomic mass is 16.6. The third-order valence-electron chi connectivity index (χ3n) is 5.41. The smallest absolute Gasteiger partial charge is 0.347 e. The molecule has 0 spiro atoms. The Morgan fingerprint density at radius 2 is 1.48 bits per heavy atom. The summed E-state index contributed by atoms with van der Waals surface area (Å²) in [6.07, 6.45) is 3.29. The molecule has 0 aliphatic heterocycles. The Morgan fingerprint density at radius 1 is 1.00 bits per heavy atom. The van der Waals surface area contributed by atoms with Crippen LogP contribution in [0.4, 0.5) is 0 Å². The van der Waals surface area contributed by atoms with E-state index in [0.717, 1.165) is 23.9 Å². The Kier molecular flexibility index (Phi) is 5.41. The van der Waals surface area contributed by atoms with Gasteiger partial charge < -0.3 is 14.3 Å². The van der Waals surface area contributed by atoms with Crippen molar-refractivity contribution >= 4 is 5.97 Å². The highest BCUT2D eigenvalue weighted by Gasteiger charge is 2.46. The summed E-state index contributed by atoms with van der Waals surface area (Å²) in [4.78, 5) is 13.1. The van der Waals surface area contributed by atoms with Crippen molar-refractivity contribution in [3.63, 3.8) is 0 Å². The van der Waals surface area contributed by atoms with Crippen molar-refractivity contribution in [3.8, 4) is 0 Å². The summed E-state index contributed by atoms with van der Waals surface area (Å²) in [5.41, 5.74) is -0.738. The van der Waals surface area contributed by atoms with Gasteiger partial charge in [0.05, 0.1) is 33.1 Å². The molecule has 4 heteroatoms. The molecule has 0 heterocycles. The van der Waals surface area contributed by atoms with Gasteiger partial charge in [0.15, 0.2) is 0 Å². The van der Waals surface area contributed by atoms with E-state index in [0.29, 0.717) is 17.7 Å². The van der Waals surface area contributed by atoms with Gasteiger partial charge in [-0.05, 0) is 24.0 Å². The lowest BCUT2D eigenvalue weighted by molar-refractivity contribution is -0.878. The van der Waals surface area contributed by atoms with E-state index < -0.39 is 11.6 Å². The van der Waals surface area contributed by atoms with Gasteiger partial charge in [0, 0.05) is 0 Å². The van der Waals surface area contributed by atoms with Crippen molar-refractivity contribution in [2.75, 3.05) is 34.3 Å². The molecule has 0 saturated heterocycles. The van der Waals surface area contributed by atoms with Crippen molar-refractivity contribution in [3.05, 3.63) is 71.8 Å². The Hall–Kier alpha value is -2.17. The summed E-state index contributed by atoms with van der Waals surface area (Å²) in [6.45, 7) is 1.30. The number of esters is 1. The standard InChI is InChI=1S/C23H30NO3/c1-24(2,3)17-22(15-10-16-22)18-27-21(25)23(26,19-11-6-4-7-12-19)20-13-8-5-9-14-20/h4-9,11-14,26H,10,15-18H2,1-3H3/q+1. The van der Waals surface area contributed by atoms with Crippen LogP contribution in [0.25, 0.3) is 0 Å². The maximum absolute atomic E-state index is 13.1. The summed E-state index contributed by atoms with van der Waals surface area (Å²) < 4.78 is 6.60. The lowest BCUT2D eigenvalue weighted by atomic mass is 9.68.